The fourth-order valence-corrected chi connectivity index (χ4v) is 1.87. The molecular formula is C12H24N2O. The summed E-state index contributed by atoms with van der Waals surface area (Å²) in [6.07, 6.45) is 3.08. The molecule has 1 aliphatic carbocycles. The quantitative estimate of drug-likeness (QED) is 0.701. The van der Waals surface area contributed by atoms with E-state index in [4.69, 9.17) is 5.73 Å². The molecule has 1 atom stereocenters. The summed E-state index contributed by atoms with van der Waals surface area (Å²) in [5, 5.41) is 3.04. The van der Waals surface area contributed by atoms with Crippen molar-refractivity contribution in [3.05, 3.63) is 0 Å². The SMILES string of the molecule is CC(CN)CC(=O)NCC1(C(C)C)CC1. The Balaban J connectivity index is 2.23. The van der Waals surface area contributed by atoms with Gasteiger partial charge in [0, 0.05) is 13.0 Å². The van der Waals surface area contributed by atoms with E-state index in [1.54, 1.807) is 0 Å². The van der Waals surface area contributed by atoms with Crippen LogP contribution in [-0.4, -0.2) is 19.0 Å². The molecule has 0 radical (unpaired) electrons. The van der Waals surface area contributed by atoms with Crippen molar-refractivity contribution in [3.8, 4) is 0 Å². The molecular weight excluding hydrogens is 188 g/mol. The van der Waals surface area contributed by atoms with Gasteiger partial charge in [-0.25, -0.2) is 0 Å². The van der Waals surface area contributed by atoms with Gasteiger partial charge in [0.05, 0.1) is 0 Å². The Morgan fingerprint density at radius 2 is 2.00 bits per heavy atom. The molecule has 0 aliphatic heterocycles. The van der Waals surface area contributed by atoms with E-state index in [1.165, 1.54) is 12.8 Å². The summed E-state index contributed by atoms with van der Waals surface area (Å²) in [5.74, 6) is 1.11. The van der Waals surface area contributed by atoms with Gasteiger partial charge in [0.25, 0.3) is 0 Å². The van der Waals surface area contributed by atoms with E-state index in [-0.39, 0.29) is 5.91 Å². The molecule has 0 bridgehead atoms. The van der Waals surface area contributed by atoms with Crippen molar-refractivity contribution < 1.29 is 4.79 Å². The van der Waals surface area contributed by atoms with Crippen LogP contribution in [0.2, 0.25) is 0 Å². The topological polar surface area (TPSA) is 55.1 Å². The number of hydrogen-bond acceptors (Lipinski definition) is 2. The van der Waals surface area contributed by atoms with Crippen LogP contribution in [0.5, 0.6) is 0 Å². The van der Waals surface area contributed by atoms with Gasteiger partial charge >= 0.3 is 0 Å². The van der Waals surface area contributed by atoms with Crippen LogP contribution in [0.15, 0.2) is 0 Å². The van der Waals surface area contributed by atoms with Crippen LogP contribution in [0, 0.1) is 17.3 Å². The number of amides is 1. The van der Waals surface area contributed by atoms with E-state index in [0.29, 0.717) is 30.2 Å². The summed E-state index contributed by atoms with van der Waals surface area (Å²) < 4.78 is 0. The van der Waals surface area contributed by atoms with E-state index in [2.05, 4.69) is 19.2 Å². The molecule has 0 saturated heterocycles. The smallest absolute Gasteiger partial charge is 0.220 e. The van der Waals surface area contributed by atoms with Crippen molar-refractivity contribution in [2.45, 2.75) is 40.0 Å². The van der Waals surface area contributed by atoms with Crippen molar-refractivity contribution in [3.63, 3.8) is 0 Å². The van der Waals surface area contributed by atoms with Gasteiger partial charge in [0.2, 0.25) is 5.91 Å². The van der Waals surface area contributed by atoms with Crippen molar-refractivity contribution >= 4 is 5.91 Å². The van der Waals surface area contributed by atoms with E-state index in [1.807, 2.05) is 6.92 Å². The molecule has 1 aliphatic rings. The third kappa shape index (κ3) is 3.49. The lowest BCUT2D eigenvalue weighted by Crippen LogP contribution is -2.34. The average Bonchev–Trinajstić information content (AvgIpc) is 2.95. The molecule has 0 aromatic heterocycles. The maximum Gasteiger partial charge on any atom is 0.220 e. The third-order valence-electron chi connectivity index (χ3n) is 3.69. The predicted octanol–water partition coefficient (Wildman–Crippen LogP) is 1.52. The maximum absolute atomic E-state index is 11.5. The second-order valence-electron chi connectivity index (χ2n) is 5.34. The van der Waals surface area contributed by atoms with Gasteiger partial charge in [-0.15, -0.1) is 0 Å². The molecule has 15 heavy (non-hydrogen) atoms. The zero-order valence-corrected chi connectivity index (χ0v) is 10.2. The Labute approximate surface area is 92.8 Å². The Kier molecular flexibility index (Phi) is 4.14. The normalized spacial score (nSPS) is 20.1. The van der Waals surface area contributed by atoms with Crippen LogP contribution in [0.1, 0.15) is 40.0 Å². The van der Waals surface area contributed by atoms with Gasteiger partial charge < -0.3 is 11.1 Å². The molecule has 3 N–H and O–H groups in total. The van der Waals surface area contributed by atoms with Crippen LogP contribution in [0.25, 0.3) is 0 Å². The zero-order chi connectivity index (χ0) is 11.5. The fraction of sp³-hybridized carbons (Fsp3) is 0.917. The molecule has 1 unspecified atom stereocenters. The lowest BCUT2D eigenvalue weighted by Gasteiger charge is -2.20. The predicted molar refractivity (Wildman–Crippen MR) is 62.4 cm³/mol. The number of nitrogens with one attached hydrogen (secondary N) is 1. The van der Waals surface area contributed by atoms with E-state index < -0.39 is 0 Å². The monoisotopic (exact) mass is 212 g/mol. The van der Waals surface area contributed by atoms with E-state index >= 15 is 0 Å². The van der Waals surface area contributed by atoms with Crippen LogP contribution < -0.4 is 11.1 Å². The molecule has 0 spiro atoms. The van der Waals surface area contributed by atoms with Gasteiger partial charge in [-0.05, 0) is 36.6 Å². The Morgan fingerprint density at radius 1 is 1.40 bits per heavy atom. The summed E-state index contributed by atoms with van der Waals surface area (Å²) in [6.45, 7) is 7.92. The highest BCUT2D eigenvalue weighted by atomic mass is 16.1. The molecule has 3 heteroatoms. The van der Waals surface area contributed by atoms with Gasteiger partial charge in [0.1, 0.15) is 0 Å². The fourth-order valence-electron chi connectivity index (χ4n) is 1.87. The van der Waals surface area contributed by atoms with Crippen LogP contribution in [-0.2, 0) is 4.79 Å². The minimum atomic E-state index is 0.153. The molecule has 1 fully saturated rings. The maximum atomic E-state index is 11.5. The Morgan fingerprint density at radius 3 is 2.40 bits per heavy atom. The van der Waals surface area contributed by atoms with Gasteiger partial charge in [-0.2, -0.15) is 0 Å². The first-order valence-electron chi connectivity index (χ1n) is 5.97. The first-order chi connectivity index (χ1) is 7.00. The molecule has 88 valence electrons. The molecule has 1 rings (SSSR count). The Bertz CT molecular complexity index is 222. The number of carbonyl (C=O) groups excluding carboxylic acids is 1. The van der Waals surface area contributed by atoms with Crippen LogP contribution in [0.4, 0.5) is 0 Å². The molecule has 0 aromatic rings. The van der Waals surface area contributed by atoms with Crippen molar-refractivity contribution in [1.82, 2.24) is 5.32 Å². The van der Waals surface area contributed by atoms with E-state index in [0.717, 1.165) is 6.54 Å². The summed E-state index contributed by atoms with van der Waals surface area (Å²) in [7, 11) is 0. The van der Waals surface area contributed by atoms with E-state index in [9.17, 15) is 4.79 Å². The second-order valence-corrected chi connectivity index (χ2v) is 5.34. The Hall–Kier alpha value is -0.570. The van der Waals surface area contributed by atoms with Gasteiger partial charge in [-0.3, -0.25) is 4.79 Å². The van der Waals surface area contributed by atoms with Crippen LogP contribution in [0.3, 0.4) is 0 Å². The van der Waals surface area contributed by atoms with Crippen molar-refractivity contribution in [2.24, 2.45) is 23.0 Å². The minimum absolute atomic E-state index is 0.153. The first-order valence-corrected chi connectivity index (χ1v) is 5.97. The molecule has 3 nitrogen and oxygen atoms in total. The average molecular weight is 212 g/mol. The van der Waals surface area contributed by atoms with Gasteiger partial charge in [0.15, 0.2) is 0 Å². The number of hydrogen-bond donors (Lipinski definition) is 2. The lowest BCUT2D eigenvalue weighted by molar-refractivity contribution is -0.122. The highest BCUT2D eigenvalue weighted by Gasteiger charge is 2.45. The molecule has 1 amide bonds. The first kappa shape index (κ1) is 12.5. The summed E-state index contributed by atoms with van der Waals surface area (Å²) in [5.41, 5.74) is 5.89. The van der Waals surface area contributed by atoms with Crippen molar-refractivity contribution in [1.29, 1.82) is 0 Å². The minimum Gasteiger partial charge on any atom is -0.356 e. The number of nitrogens with two attached hydrogens (primary N) is 1. The third-order valence-corrected chi connectivity index (χ3v) is 3.69. The lowest BCUT2D eigenvalue weighted by atomic mass is 9.92. The largest absolute Gasteiger partial charge is 0.356 e. The standard InChI is InChI=1S/C12H24N2O/c1-9(2)12(4-5-12)8-14-11(15)6-10(3)7-13/h9-10H,4-8,13H2,1-3H3,(H,14,15). The highest BCUT2D eigenvalue weighted by Crippen LogP contribution is 2.51. The molecule has 1 saturated carbocycles. The summed E-state index contributed by atoms with van der Waals surface area (Å²) in [6, 6.07) is 0. The van der Waals surface area contributed by atoms with Crippen molar-refractivity contribution in [2.75, 3.05) is 13.1 Å². The highest BCUT2D eigenvalue weighted by molar-refractivity contribution is 5.76. The number of rotatable bonds is 6. The number of carbonyl (C=O) groups is 1. The molecule has 0 aromatic carbocycles. The molecule has 0 heterocycles. The zero-order valence-electron chi connectivity index (χ0n) is 10.2. The van der Waals surface area contributed by atoms with Gasteiger partial charge in [-0.1, -0.05) is 20.8 Å². The second kappa shape index (κ2) is 4.97. The summed E-state index contributed by atoms with van der Waals surface area (Å²) in [4.78, 5) is 11.5. The van der Waals surface area contributed by atoms with Crippen LogP contribution >= 0.6 is 0 Å². The summed E-state index contributed by atoms with van der Waals surface area (Å²) >= 11 is 0.